The molecule has 0 saturated carbocycles. The third-order valence-electron chi connectivity index (χ3n) is 3.51. The Balaban J connectivity index is 2.57. The van der Waals surface area contributed by atoms with E-state index in [2.05, 4.69) is 5.32 Å². The van der Waals surface area contributed by atoms with Gasteiger partial charge in [0, 0.05) is 12.5 Å². The van der Waals surface area contributed by atoms with Crippen molar-refractivity contribution < 1.29 is 23.9 Å². The molecule has 1 aromatic rings. The lowest BCUT2D eigenvalue weighted by Crippen LogP contribution is -2.52. The zero-order valence-electron chi connectivity index (χ0n) is 12.3. The molecule has 1 aromatic carbocycles. The topological polar surface area (TPSA) is 92.8 Å². The van der Waals surface area contributed by atoms with E-state index in [1.54, 1.807) is 31.2 Å². The molecule has 0 bridgehead atoms. The molecule has 0 saturated heterocycles. The molecule has 1 atom stereocenters. The highest BCUT2D eigenvalue weighted by molar-refractivity contribution is 6.23. The number of imide groups is 1. The molecule has 1 heterocycles. The first kappa shape index (κ1) is 15.7. The molecule has 1 aliphatic heterocycles. The minimum Gasteiger partial charge on any atom is -0.466 e. The summed E-state index contributed by atoms with van der Waals surface area (Å²) >= 11 is 0. The van der Waals surface area contributed by atoms with Crippen LogP contribution in [0.4, 0.5) is 5.69 Å². The zero-order valence-corrected chi connectivity index (χ0v) is 12.3. The summed E-state index contributed by atoms with van der Waals surface area (Å²) in [6, 6.07) is 6.53. The highest BCUT2D eigenvalue weighted by Gasteiger charge is 2.53. The summed E-state index contributed by atoms with van der Waals surface area (Å²) in [6.45, 7) is 3.04. The molecule has 1 unspecified atom stereocenters. The second kappa shape index (κ2) is 5.97. The summed E-state index contributed by atoms with van der Waals surface area (Å²) in [5.74, 6) is -1.79. The summed E-state index contributed by atoms with van der Waals surface area (Å²) in [5.41, 5.74) is -0.856. The van der Waals surface area contributed by atoms with Crippen molar-refractivity contribution in [2.75, 3.05) is 11.5 Å². The van der Waals surface area contributed by atoms with Crippen LogP contribution >= 0.6 is 0 Å². The fourth-order valence-electron chi connectivity index (χ4n) is 2.65. The minimum atomic E-state index is -1.61. The van der Waals surface area contributed by atoms with E-state index in [0.717, 1.165) is 4.90 Å². The van der Waals surface area contributed by atoms with E-state index in [0.29, 0.717) is 17.7 Å². The van der Waals surface area contributed by atoms with Gasteiger partial charge in [-0.1, -0.05) is 18.2 Å². The van der Waals surface area contributed by atoms with Crippen molar-refractivity contribution in [2.24, 2.45) is 0 Å². The maximum absolute atomic E-state index is 12.7. The van der Waals surface area contributed by atoms with E-state index in [9.17, 15) is 19.2 Å². The number of carbonyl (C=O) groups is 4. The molecule has 0 aliphatic carbocycles. The van der Waals surface area contributed by atoms with Gasteiger partial charge in [0.1, 0.15) is 0 Å². The van der Waals surface area contributed by atoms with Crippen LogP contribution in [0.1, 0.15) is 25.8 Å². The molecule has 3 amide bonds. The van der Waals surface area contributed by atoms with E-state index in [-0.39, 0.29) is 13.0 Å². The minimum absolute atomic E-state index is 0.155. The number of hydrogen-bond donors (Lipinski definition) is 1. The highest BCUT2D eigenvalue weighted by Crippen LogP contribution is 2.42. The zero-order chi connectivity index (χ0) is 16.3. The van der Waals surface area contributed by atoms with E-state index in [4.69, 9.17) is 4.74 Å². The third kappa shape index (κ3) is 2.34. The number of fused-ring (bicyclic) bond motifs is 1. The third-order valence-corrected chi connectivity index (χ3v) is 3.51. The van der Waals surface area contributed by atoms with Gasteiger partial charge >= 0.3 is 5.97 Å². The van der Waals surface area contributed by atoms with Gasteiger partial charge < -0.3 is 10.1 Å². The van der Waals surface area contributed by atoms with Crippen LogP contribution in [0.25, 0.3) is 0 Å². The number of carbonyl (C=O) groups excluding carboxylic acids is 4. The van der Waals surface area contributed by atoms with Crippen molar-refractivity contribution in [2.45, 2.75) is 25.8 Å². The van der Waals surface area contributed by atoms with E-state index in [1.807, 2.05) is 0 Å². The number of esters is 1. The molecule has 1 N–H and O–H groups in total. The second-order valence-electron chi connectivity index (χ2n) is 4.83. The van der Waals surface area contributed by atoms with Crippen molar-refractivity contribution in [1.82, 2.24) is 5.32 Å². The van der Waals surface area contributed by atoms with Crippen molar-refractivity contribution in [3.05, 3.63) is 29.8 Å². The first-order valence-corrected chi connectivity index (χ1v) is 6.79. The lowest BCUT2D eigenvalue weighted by atomic mass is 9.88. The fourth-order valence-corrected chi connectivity index (χ4v) is 2.65. The van der Waals surface area contributed by atoms with Gasteiger partial charge in [0.15, 0.2) is 5.54 Å². The van der Waals surface area contributed by atoms with Crippen molar-refractivity contribution >= 4 is 29.9 Å². The largest absolute Gasteiger partial charge is 0.466 e. The molecule has 116 valence electrons. The van der Waals surface area contributed by atoms with Crippen LogP contribution in [0.15, 0.2) is 24.3 Å². The number of rotatable bonds is 5. The number of benzene rings is 1. The van der Waals surface area contributed by atoms with Crippen molar-refractivity contribution in [1.29, 1.82) is 0 Å². The summed E-state index contributed by atoms with van der Waals surface area (Å²) in [4.78, 5) is 48.4. The number of anilines is 1. The van der Waals surface area contributed by atoms with Crippen LogP contribution in [-0.4, -0.2) is 30.8 Å². The van der Waals surface area contributed by atoms with Gasteiger partial charge in [-0.3, -0.25) is 19.2 Å². The van der Waals surface area contributed by atoms with Crippen LogP contribution in [-0.2, 0) is 29.5 Å². The standard InChI is InChI=1S/C15H16N2O5/c1-3-22-13(20)8-15(16-9-18)11-6-4-5-7-12(11)17(10(2)19)14(15)21/h4-7,9H,3,8H2,1-2H3,(H,16,18). The van der Waals surface area contributed by atoms with E-state index in [1.165, 1.54) is 6.92 Å². The SMILES string of the molecule is CCOC(=O)CC1(NC=O)C(=O)N(C(C)=O)c2ccccc21. The average Bonchev–Trinajstić information content (AvgIpc) is 2.69. The van der Waals surface area contributed by atoms with Crippen molar-refractivity contribution in [3.8, 4) is 0 Å². The first-order chi connectivity index (χ1) is 10.5. The van der Waals surface area contributed by atoms with Crippen molar-refractivity contribution in [3.63, 3.8) is 0 Å². The number of nitrogens with zero attached hydrogens (tertiary/aromatic N) is 1. The normalized spacial score (nSPS) is 19.5. The number of hydrogen-bond acceptors (Lipinski definition) is 5. The molecule has 7 heteroatoms. The molecule has 1 aliphatic rings. The predicted molar refractivity (Wildman–Crippen MR) is 76.7 cm³/mol. The Labute approximate surface area is 127 Å². The lowest BCUT2D eigenvalue weighted by Gasteiger charge is -2.26. The molecular weight excluding hydrogens is 288 g/mol. The maximum Gasteiger partial charge on any atom is 0.309 e. The first-order valence-electron chi connectivity index (χ1n) is 6.79. The number of ether oxygens (including phenoxy) is 1. The Hall–Kier alpha value is -2.70. The van der Waals surface area contributed by atoms with Gasteiger partial charge in [-0.25, -0.2) is 4.90 Å². The summed E-state index contributed by atoms with van der Waals surface area (Å²) < 4.78 is 4.88. The number of amides is 3. The monoisotopic (exact) mass is 304 g/mol. The van der Waals surface area contributed by atoms with Gasteiger partial charge in [0.25, 0.3) is 5.91 Å². The molecule has 22 heavy (non-hydrogen) atoms. The maximum atomic E-state index is 12.7. The summed E-state index contributed by atoms with van der Waals surface area (Å²) in [7, 11) is 0. The Morgan fingerprint density at radius 3 is 2.64 bits per heavy atom. The van der Waals surface area contributed by atoms with Gasteiger partial charge in [-0.2, -0.15) is 0 Å². The van der Waals surface area contributed by atoms with Gasteiger partial charge in [-0.15, -0.1) is 0 Å². The smallest absolute Gasteiger partial charge is 0.309 e. The molecular formula is C15H16N2O5. The van der Waals surface area contributed by atoms with Gasteiger partial charge in [0.2, 0.25) is 12.3 Å². The van der Waals surface area contributed by atoms with E-state index < -0.39 is 23.3 Å². The molecule has 2 rings (SSSR count). The van der Waals surface area contributed by atoms with E-state index >= 15 is 0 Å². The summed E-state index contributed by atoms with van der Waals surface area (Å²) in [6.07, 6.45) is -0.0310. The van der Waals surface area contributed by atoms with Gasteiger partial charge in [-0.05, 0) is 13.0 Å². The fraction of sp³-hybridized carbons (Fsp3) is 0.333. The number of nitrogens with one attached hydrogen (secondary N) is 1. The van der Waals surface area contributed by atoms with Crippen LogP contribution in [0.5, 0.6) is 0 Å². The molecule has 0 radical (unpaired) electrons. The molecule has 0 spiro atoms. The highest BCUT2D eigenvalue weighted by atomic mass is 16.5. The summed E-state index contributed by atoms with van der Waals surface area (Å²) in [5, 5.41) is 2.41. The lowest BCUT2D eigenvalue weighted by molar-refractivity contribution is -0.148. The average molecular weight is 304 g/mol. The quantitative estimate of drug-likeness (QED) is 0.630. The Morgan fingerprint density at radius 1 is 1.36 bits per heavy atom. The second-order valence-corrected chi connectivity index (χ2v) is 4.83. The van der Waals surface area contributed by atoms with Gasteiger partial charge in [0.05, 0.1) is 18.7 Å². The molecule has 7 nitrogen and oxygen atoms in total. The predicted octanol–water partition coefficient (Wildman–Crippen LogP) is 0.474. The van der Waals surface area contributed by atoms with Crippen LogP contribution in [0, 0.1) is 0 Å². The Morgan fingerprint density at radius 2 is 2.05 bits per heavy atom. The Bertz CT molecular complexity index is 643. The molecule has 0 fully saturated rings. The van der Waals surface area contributed by atoms with Crippen LogP contribution in [0.3, 0.4) is 0 Å². The van der Waals surface area contributed by atoms with Crippen LogP contribution in [0.2, 0.25) is 0 Å². The Kier molecular flexibility index (Phi) is 4.25. The number of para-hydroxylation sites is 1. The van der Waals surface area contributed by atoms with Crippen LogP contribution < -0.4 is 10.2 Å². The molecule has 0 aromatic heterocycles.